The topological polar surface area (TPSA) is 37.1 Å². The predicted octanol–water partition coefficient (Wildman–Crippen LogP) is 9.14. The number of rotatable bonds is 4. The minimum absolute atomic E-state index is 0.194. The van der Waals surface area contributed by atoms with Gasteiger partial charge in [0, 0.05) is 6.42 Å². The van der Waals surface area contributed by atoms with Gasteiger partial charge in [-0.15, -0.1) is 0 Å². The van der Waals surface area contributed by atoms with E-state index >= 15 is 0 Å². The molecule has 0 atom stereocenters. The van der Waals surface area contributed by atoms with Crippen molar-refractivity contribution in [1.29, 1.82) is 0 Å². The summed E-state index contributed by atoms with van der Waals surface area (Å²) >= 11 is 0.194. The zero-order chi connectivity index (χ0) is 25.7. The van der Waals surface area contributed by atoms with Gasteiger partial charge in [0.2, 0.25) is 0 Å². The van der Waals surface area contributed by atoms with E-state index in [1.807, 2.05) is 0 Å². The van der Waals surface area contributed by atoms with Crippen LogP contribution in [0.15, 0.2) is 38.9 Å². The van der Waals surface area contributed by atoms with Crippen LogP contribution in [0.2, 0.25) is 0 Å². The van der Waals surface area contributed by atoms with Crippen LogP contribution in [-0.2, 0) is 13.1 Å². The number of hydrogen-bond donors (Lipinski definition) is 0. The van der Waals surface area contributed by atoms with Crippen LogP contribution in [0, 0.1) is 55.4 Å². The van der Waals surface area contributed by atoms with Gasteiger partial charge in [-0.3, -0.25) is 9.98 Å². The van der Waals surface area contributed by atoms with Crippen LogP contribution in [0.3, 0.4) is 0 Å². The minimum atomic E-state index is 0.194. The molecule has 2 aromatic carbocycles. The summed E-state index contributed by atoms with van der Waals surface area (Å²) in [7, 11) is 9.53. The van der Waals surface area contributed by atoms with Gasteiger partial charge in [-0.1, -0.05) is 18.2 Å². The summed E-state index contributed by atoms with van der Waals surface area (Å²) in [5.41, 5.74) is 16.2. The average molecular weight is 540 g/mol. The third-order valence-corrected chi connectivity index (χ3v) is 6.74. The molecule has 3 nitrogen and oxygen atoms in total. The van der Waals surface area contributed by atoms with Gasteiger partial charge in [0.15, 0.2) is 0 Å². The number of halogens is 2. The fourth-order valence-electron chi connectivity index (χ4n) is 4.07. The van der Waals surface area contributed by atoms with Gasteiger partial charge >= 0.3 is 33.3 Å². The first kappa shape index (κ1) is 28.5. The first-order chi connectivity index (χ1) is 15.9. The van der Waals surface area contributed by atoms with E-state index in [9.17, 15) is 0 Å². The van der Waals surface area contributed by atoms with Crippen molar-refractivity contribution in [2.75, 3.05) is 0 Å². The van der Waals surface area contributed by atoms with E-state index < -0.39 is 0 Å². The van der Waals surface area contributed by atoms with Crippen LogP contribution < -0.4 is 0 Å². The average Bonchev–Trinajstić information content (AvgIpc) is 3.28. The molecule has 0 spiro atoms. The van der Waals surface area contributed by atoms with Gasteiger partial charge in [0.05, 0.1) is 34.2 Å². The van der Waals surface area contributed by atoms with Crippen molar-refractivity contribution in [2.45, 2.75) is 75.7 Å². The molecular formula is C28H35Cl2FeN3. The molecule has 34 heavy (non-hydrogen) atoms. The summed E-state index contributed by atoms with van der Waals surface area (Å²) in [6, 6.07) is 4.48. The Bertz CT molecular complexity index is 1170. The molecule has 0 radical (unpaired) electrons. The van der Waals surface area contributed by atoms with Crippen molar-refractivity contribution in [3.05, 3.63) is 68.4 Å². The first-order valence-corrected chi connectivity index (χ1v) is 14.4. The molecule has 1 aliphatic rings. The summed E-state index contributed by atoms with van der Waals surface area (Å²) in [4.78, 5) is 14.9. The van der Waals surface area contributed by atoms with Gasteiger partial charge in [-0.2, -0.15) is 0 Å². The Morgan fingerprint density at radius 3 is 1.44 bits per heavy atom. The van der Waals surface area contributed by atoms with Crippen molar-refractivity contribution in [2.24, 2.45) is 15.0 Å². The molecule has 0 saturated heterocycles. The van der Waals surface area contributed by atoms with E-state index in [1.54, 1.807) is 0 Å². The molecule has 0 aromatic heterocycles. The number of benzene rings is 2. The molecule has 0 aliphatic carbocycles. The van der Waals surface area contributed by atoms with Gasteiger partial charge in [0.25, 0.3) is 0 Å². The third kappa shape index (κ3) is 6.49. The first-order valence-electron chi connectivity index (χ1n) is 11.3. The monoisotopic (exact) mass is 539 g/mol. The summed E-state index contributed by atoms with van der Waals surface area (Å²) in [5, 5.41) is 0. The van der Waals surface area contributed by atoms with Gasteiger partial charge in [0.1, 0.15) is 0 Å². The number of aliphatic imine (C=N–C) groups is 3. The summed E-state index contributed by atoms with van der Waals surface area (Å²) in [5.74, 6) is 0. The Morgan fingerprint density at radius 1 is 0.706 bits per heavy atom. The SMILES string of the molecule is CC(=Nc1c(C)c(C)cc(C)c1C)C1=CCC(C(C)=Nc2c(C)c(C)cc(C)c2C)=N1.[Cl][Fe][Cl]. The Labute approximate surface area is 220 Å². The van der Waals surface area contributed by atoms with E-state index in [0.717, 1.165) is 40.6 Å². The van der Waals surface area contributed by atoms with Crippen LogP contribution in [0.25, 0.3) is 0 Å². The predicted molar refractivity (Wildman–Crippen MR) is 148 cm³/mol. The fourth-order valence-corrected chi connectivity index (χ4v) is 4.07. The Balaban J connectivity index is 0.00000129. The number of allylic oxidation sites excluding steroid dienone is 2. The van der Waals surface area contributed by atoms with Gasteiger partial charge < -0.3 is 0 Å². The molecule has 1 aliphatic heterocycles. The molecule has 3 rings (SSSR count). The van der Waals surface area contributed by atoms with Crippen molar-refractivity contribution in [3.63, 3.8) is 0 Å². The van der Waals surface area contributed by atoms with Crippen LogP contribution in [-0.4, -0.2) is 17.1 Å². The van der Waals surface area contributed by atoms with Crippen LogP contribution in [0.1, 0.15) is 64.8 Å². The number of aryl methyl sites for hydroxylation is 4. The molecule has 0 unspecified atom stereocenters. The molecule has 0 N–H and O–H groups in total. The second kappa shape index (κ2) is 12.3. The fraction of sp³-hybridized carbons (Fsp3) is 0.393. The van der Waals surface area contributed by atoms with Crippen molar-refractivity contribution < 1.29 is 13.1 Å². The molecule has 184 valence electrons. The second-order valence-electron chi connectivity index (χ2n) is 9.01. The molecule has 0 fully saturated rings. The maximum absolute atomic E-state index is 5.00. The van der Waals surface area contributed by atoms with Crippen LogP contribution in [0.4, 0.5) is 11.4 Å². The van der Waals surface area contributed by atoms with Crippen molar-refractivity contribution >= 4 is 48.7 Å². The number of nitrogens with zero attached hydrogens (tertiary/aromatic N) is 3. The molecule has 0 bridgehead atoms. The molecule has 0 saturated carbocycles. The Kier molecular flexibility index (Phi) is 10.3. The van der Waals surface area contributed by atoms with Crippen LogP contribution in [0.5, 0.6) is 0 Å². The molecule has 6 heteroatoms. The molecule has 2 aromatic rings. The van der Waals surface area contributed by atoms with E-state index in [0.29, 0.717) is 0 Å². The summed E-state index contributed by atoms with van der Waals surface area (Å²) in [6.07, 6.45) is 2.97. The second-order valence-corrected chi connectivity index (χ2v) is 10.8. The summed E-state index contributed by atoms with van der Waals surface area (Å²) in [6.45, 7) is 21.3. The third-order valence-electron chi connectivity index (χ3n) is 6.74. The Hall–Kier alpha value is -1.71. The standard InChI is InChI=1S/C28H35N3.2ClH.Fe/c1-15-13-16(2)20(6)27(19(15)5)29-23(9)25-11-12-26(31-25)24(10)30-28-21(7)17(3)14-18(4)22(28)8;;;/h11,13-14H,12H2,1-10H3;2*1H;/q;;;+2/p-2. The Morgan fingerprint density at radius 2 is 1.06 bits per heavy atom. The zero-order valence-corrected chi connectivity index (χ0v) is 24.5. The number of hydrogen-bond acceptors (Lipinski definition) is 3. The molecule has 0 amide bonds. The molecular weight excluding hydrogens is 505 g/mol. The molecule has 1 heterocycles. The van der Waals surface area contributed by atoms with E-state index in [4.69, 9.17) is 35.2 Å². The van der Waals surface area contributed by atoms with Crippen molar-refractivity contribution in [1.82, 2.24) is 0 Å². The van der Waals surface area contributed by atoms with E-state index in [1.165, 1.54) is 44.5 Å². The quantitative estimate of drug-likeness (QED) is 0.274. The van der Waals surface area contributed by atoms with Crippen LogP contribution >= 0.6 is 20.2 Å². The van der Waals surface area contributed by atoms with E-state index in [-0.39, 0.29) is 13.1 Å². The summed E-state index contributed by atoms with van der Waals surface area (Å²) < 4.78 is 0. The zero-order valence-electron chi connectivity index (χ0n) is 21.9. The van der Waals surface area contributed by atoms with E-state index in [2.05, 4.69) is 87.4 Å². The van der Waals surface area contributed by atoms with Crippen molar-refractivity contribution in [3.8, 4) is 0 Å². The maximum atomic E-state index is 5.00. The van der Waals surface area contributed by atoms with Gasteiger partial charge in [-0.05, 0) is 114 Å². The normalized spacial score (nSPS) is 14.1. The van der Waals surface area contributed by atoms with Gasteiger partial charge in [-0.25, -0.2) is 4.99 Å².